The van der Waals surface area contributed by atoms with Crippen molar-refractivity contribution in [2.24, 2.45) is 0 Å². The van der Waals surface area contributed by atoms with Crippen molar-refractivity contribution < 1.29 is 0 Å². The minimum absolute atomic E-state index is 0.694. The SMILES string of the molecule is ClC(Cl)(Cl)c1ccccc1.c1c[nH]cn1. The summed E-state index contributed by atoms with van der Waals surface area (Å²) in [7, 11) is 0. The minimum Gasteiger partial charge on any atom is -0.351 e. The number of hydrogen-bond acceptors (Lipinski definition) is 1. The molecule has 2 nitrogen and oxygen atoms in total. The van der Waals surface area contributed by atoms with Gasteiger partial charge in [0.05, 0.1) is 6.33 Å². The van der Waals surface area contributed by atoms with E-state index < -0.39 is 3.79 Å². The Morgan fingerprint density at radius 2 is 1.73 bits per heavy atom. The van der Waals surface area contributed by atoms with Crippen molar-refractivity contribution in [1.29, 1.82) is 0 Å². The van der Waals surface area contributed by atoms with E-state index in [1.54, 1.807) is 30.9 Å². The smallest absolute Gasteiger partial charge is 0.216 e. The van der Waals surface area contributed by atoms with Crippen molar-refractivity contribution in [2.75, 3.05) is 0 Å². The molecule has 0 radical (unpaired) electrons. The summed E-state index contributed by atoms with van der Waals surface area (Å²) in [6.45, 7) is 0. The van der Waals surface area contributed by atoms with Crippen LogP contribution in [0.25, 0.3) is 0 Å². The first-order chi connectivity index (χ1) is 7.11. The molecule has 0 aliphatic rings. The van der Waals surface area contributed by atoms with E-state index in [2.05, 4.69) is 9.97 Å². The number of aromatic nitrogens is 2. The molecule has 2 aromatic rings. The fourth-order valence-corrected chi connectivity index (χ4v) is 1.22. The number of rotatable bonds is 0. The van der Waals surface area contributed by atoms with Crippen LogP contribution in [0.1, 0.15) is 5.56 Å². The lowest BCUT2D eigenvalue weighted by Crippen LogP contribution is -1.98. The van der Waals surface area contributed by atoms with E-state index in [9.17, 15) is 0 Å². The number of nitrogens with zero attached hydrogens (tertiary/aromatic N) is 1. The van der Waals surface area contributed by atoms with Crippen molar-refractivity contribution in [1.82, 2.24) is 9.97 Å². The first-order valence-electron chi connectivity index (χ1n) is 4.15. The average molecular weight is 264 g/mol. The summed E-state index contributed by atoms with van der Waals surface area (Å²) in [5.74, 6) is 0. The van der Waals surface area contributed by atoms with Gasteiger partial charge in [0.15, 0.2) is 0 Å². The van der Waals surface area contributed by atoms with Crippen LogP contribution in [0.2, 0.25) is 0 Å². The number of benzene rings is 1. The molecule has 80 valence electrons. The van der Waals surface area contributed by atoms with Crippen LogP contribution in [0.3, 0.4) is 0 Å². The molecule has 0 saturated heterocycles. The van der Waals surface area contributed by atoms with Gasteiger partial charge in [0.25, 0.3) is 0 Å². The molecule has 0 unspecified atom stereocenters. The minimum atomic E-state index is -1.29. The summed E-state index contributed by atoms with van der Waals surface area (Å²) in [5, 5.41) is 0. The van der Waals surface area contributed by atoms with Crippen LogP contribution in [0, 0.1) is 0 Å². The van der Waals surface area contributed by atoms with Crippen LogP contribution in [0.5, 0.6) is 0 Å². The van der Waals surface area contributed by atoms with E-state index in [-0.39, 0.29) is 0 Å². The van der Waals surface area contributed by atoms with Gasteiger partial charge in [0, 0.05) is 18.0 Å². The number of nitrogens with one attached hydrogen (secondary N) is 1. The van der Waals surface area contributed by atoms with Crippen LogP contribution in [-0.2, 0) is 3.79 Å². The van der Waals surface area contributed by atoms with Gasteiger partial charge in [-0.2, -0.15) is 0 Å². The molecule has 1 aromatic carbocycles. The summed E-state index contributed by atoms with van der Waals surface area (Å²) in [4.78, 5) is 6.42. The fraction of sp³-hybridized carbons (Fsp3) is 0.100. The van der Waals surface area contributed by atoms with Gasteiger partial charge >= 0.3 is 0 Å². The topological polar surface area (TPSA) is 28.7 Å². The van der Waals surface area contributed by atoms with Gasteiger partial charge in [-0.05, 0) is 0 Å². The Morgan fingerprint density at radius 1 is 1.07 bits per heavy atom. The lowest BCUT2D eigenvalue weighted by atomic mass is 10.2. The van der Waals surface area contributed by atoms with E-state index >= 15 is 0 Å². The molecule has 0 fully saturated rings. The predicted molar refractivity (Wildman–Crippen MR) is 64.3 cm³/mol. The highest BCUT2D eigenvalue weighted by molar-refractivity contribution is 6.66. The highest BCUT2D eigenvalue weighted by Gasteiger charge is 2.21. The number of halogens is 3. The molecule has 15 heavy (non-hydrogen) atoms. The molecule has 0 amide bonds. The Hall–Kier alpha value is -0.700. The number of aromatic amines is 1. The van der Waals surface area contributed by atoms with E-state index in [1.807, 2.05) is 18.2 Å². The van der Waals surface area contributed by atoms with Crippen LogP contribution in [-0.4, -0.2) is 9.97 Å². The Bertz CT molecular complexity index is 337. The van der Waals surface area contributed by atoms with Gasteiger partial charge in [0.2, 0.25) is 3.79 Å². The van der Waals surface area contributed by atoms with Crippen molar-refractivity contribution in [3.63, 3.8) is 0 Å². The summed E-state index contributed by atoms with van der Waals surface area (Å²) >= 11 is 16.8. The quantitative estimate of drug-likeness (QED) is 0.717. The lowest BCUT2D eigenvalue weighted by molar-refractivity contribution is 1.24. The third kappa shape index (κ3) is 5.07. The predicted octanol–water partition coefficient (Wildman–Crippen LogP) is 3.92. The molecule has 1 heterocycles. The highest BCUT2D eigenvalue weighted by Crippen LogP contribution is 2.37. The standard InChI is InChI=1S/C7H5Cl3.C3H4N2/c8-7(9,10)6-4-2-1-3-5-6;1-2-5-3-4-1/h1-5H;1-3H,(H,4,5). The monoisotopic (exact) mass is 262 g/mol. The van der Waals surface area contributed by atoms with Crippen molar-refractivity contribution in [2.45, 2.75) is 3.79 Å². The third-order valence-electron chi connectivity index (χ3n) is 1.51. The van der Waals surface area contributed by atoms with Gasteiger partial charge in [-0.25, -0.2) is 4.98 Å². The zero-order chi connectivity index (χ0) is 11.1. The largest absolute Gasteiger partial charge is 0.351 e. The van der Waals surface area contributed by atoms with Crippen molar-refractivity contribution in [3.05, 3.63) is 54.6 Å². The number of H-pyrrole nitrogens is 1. The highest BCUT2D eigenvalue weighted by atomic mass is 35.6. The normalized spacial score (nSPS) is 10.3. The zero-order valence-electron chi connectivity index (χ0n) is 7.70. The van der Waals surface area contributed by atoms with Gasteiger partial charge in [0.1, 0.15) is 0 Å². The maximum atomic E-state index is 5.59. The Balaban J connectivity index is 0.000000187. The Kier molecular flexibility index (Phi) is 4.95. The summed E-state index contributed by atoms with van der Waals surface area (Å²) in [6, 6.07) is 9.08. The van der Waals surface area contributed by atoms with Gasteiger partial charge in [-0.1, -0.05) is 65.1 Å². The molecule has 0 aliphatic carbocycles. The first kappa shape index (κ1) is 12.4. The van der Waals surface area contributed by atoms with E-state index in [1.165, 1.54) is 0 Å². The van der Waals surface area contributed by atoms with Crippen LogP contribution >= 0.6 is 34.8 Å². The molecule has 1 aromatic heterocycles. The number of imidazole rings is 1. The van der Waals surface area contributed by atoms with Gasteiger partial charge in [-0.15, -0.1) is 0 Å². The van der Waals surface area contributed by atoms with Gasteiger partial charge in [-0.3, -0.25) is 0 Å². The number of hydrogen-bond donors (Lipinski definition) is 1. The molecule has 0 aliphatic heterocycles. The van der Waals surface area contributed by atoms with Crippen molar-refractivity contribution >= 4 is 34.8 Å². The molecule has 0 saturated carbocycles. The first-order valence-corrected chi connectivity index (χ1v) is 5.29. The second-order valence-corrected chi connectivity index (χ2v) is 4.91. The molecule has 5 heteroatoms. The molecule has 1 N–H and O–H groups in total. The van der Waals surface area contributed by atoms with Crippen LogP contribution < -0.4 is 0 Å². The summed E-state index contributed by atoms with van der Waals surface area (Å²) in [6.07, 6.45) is 5.08. The Labute approximate surface area is 103 Å². The van der Waals surface area contributed by atoms with Crippen molar-refractivity contribution in [3.8, 4) is 0 Å². The molecule has 0 atom stereocenters. The van der Waals surface area contributed by atoms with E-state index in [0.29, 0.717) is 5.56 Å². The fourth-order valence-electron chi connectivity index (χ4n) is 0.842. The van der Waals surface area contributed by atoms with Crippen LogP contribution in [0.15, 0.2) is 49.1 Å². The molecular formula is C10H9Cl3N2. The Morgan fingerprint density at radius 3 is 2.00 bits per heavy atom. The van der Waals surface area contributed by atoms with E-state index in [0.717, 1.165) is 0 Å². The zero-order valence-corrected chi connectivity index (χ0v) is 9.97. The van der Waals surface area contributed by atoms with Crippen LogP contribution in [0.4, 0.5) is 0 Å². The second-order valence-electron chi connectivity index (χ2n) is 2.62. The lowest BCUT2D eigenvalue weighted by Gasteiger charge is -2.09. The third-order valence-corrected chi connectivity index (χ3v) is 2.16. The molecule has 0 bridgehead atoms. The maximum absolute atomic E-state index is 5.59. The maximum Gasteiger partial charge on any atom is 0.216 e. The molecular weight excluding hydrogens is 254 g/mol. The summed E-state index contributed by atoms with van der Waals surface area (Å²) in [5.41, 5.74) is 0.694. The van der Waals surface area contributed by atoms with Gasteiger partial charge < -0.3 is 4.98 Å². The molecule has 2 rings (SSSR count). The number of alkyl halides is 3. The molecule has 0 spiro atoms. The van der Waals surface area contributed by atoms with E-state index in [4.69, 9.17) is 34.8 Å². The summed E-state index contributed by atoms with van der Waals surface area (Å²) < 4.78 is -1.29. The second kappa shape index (κ2) is 6.01. The average Bonchev–Trinajstić information content (AvgIpc) is 2.76.